The van der Waals surface area contributed by atoms with Crippen LogP contribution in [0.25, 0.3) is 10.9 Å². The van der Waals surface area contributed by atoms with Gasteiger partial charge < -0.3 is 4.74 Å². The van der Waals surface area contributed by atoms with Gasteiger partial charge in [0, 0.05) is 16.6 Å². The number of halogens is 1. The van der Waals surface area contributed by atoms with E-state index in [-0.39, 0.29) is 0 Å². The molecule has 0 saturated heterocycles. The molecule has 16 heavy (non-hydrogen) atoms. The summed E-state index contributed by atoms with van der Waals surface area (Å²) in [6.45, 7) is 1.83. The van der Waals surface area contributed by atoms with Crippen molar-refractivity contribution in [2.75, 3.05) is 7.11 Å². The molecule has 0 atom stereocenters. The largest absolute Gasteiger partial charge is 0.494 e. The quantitative estimate of drug-likeness (QED) is 0.751. The highest BCUT2D eigenvalue weighted by atomic mass is 35.5. The Hall–Kier alpha value is -1.61. The van der Waals surface area contributed by atoms with Gasteiger partial charge in [-0.2, -0.15) is 0 Å². The van der Waals surface area contributed by atoms with Gasteiger partial charge in [-0.25, -0.2) is 4.98 Å². The summed E-state index contributed by atoms with van der Waals surface area (Å²) >= 11 is 6.07. The van der Waals surface area contributed by atoms with Crippen molar-refractivity contribution in [3.05, 3.63) is 34.5 Å². The lowest BCUT2D eigenvalue weighted by molar-refractivity contribution is 0.112. The lowest BCUT2D eigenvalue weighted by Crippen LogP contribution is -1.94. The predicted molar refractivity (Wildman–Crippen MR) is 63.4 cm³/mol. The first-order valence-corrected chi connectivity index (χ1v) is 5.14. The predicted octanol–water partition coefficient (Wildman–Crippen LogP) is 3.02. The number of fused-ring (bicyclic) bond motifs is 1. The molecule has 0 aliphatic rings. The van der Waals surface area contributed by atoms with Crippen molar-refractivity contribution in [2.45, 2.75) is 6.92 Å². The fourth-order valence-electron chi connectivity index (χ4n) is 1.70. The zero-order valence-electron chi connectivity index (χ0n) is 8.95. The Bertz CT molecular complexity index is 566. The van der Waals surface area contributed by atoms with E-state index >= 15 is 0 Å². The molecule has 1 aromatic carbocycles. The van der Waals surface area contributed by atoms with Crippen LogP contribution in [0.5, 0.6) is 5.75 Å². The fraction of sp³-hybridized carbons (Fsp3) is 0.167. The van der Waals surface area contributed by atoms with E-state index in [1.54, 1.807) is 25.3 Å². The van der Waals surface area contributed by atoms with E-state index in [2.05, 4.69) is 4.98 Å². The number of rotatable bonds is 2. The number of aldehydes is 1. The third-order valence-corrected chi connectivity index (χ3v) is 2.69. The van der Waals surface area contributed by atoms with Crippen LogP contribution in [0.1, 0.15) is 16.1 Å². The van der Waals surface area contributed by atoms with Gasteiger partial charge in [0.2, 0.25) is 0 Å². The molecule has 0 radical (unpaired) electrons. The molecule has 3 nitrogen and oxygen atoms in total. The number of hydrogen-bond acceptors (Lipinski definition) is 3. The van der Waals surface area contributed by atoms with Gasteiger partial charge in [-0.1, -0.05) is 11.6 Å². The summed E-state index contributed by atoms with van der Waals surface area (Å²) < 4.78 is 5.20. The van der Waals surface area contributed by atoms with Crippen LogP contribution in [0.2, 0.25) is 5.02 Å². The Labute approximate surface area is 98.0 Å². The van der Waals surface area contributed by atoms with Crippen molar-refractivity contribution in [1.82, 2.24) is 4.98 Å². The summed E-state index contributed by atoms with van der Waals surface area (Å²) in [5, 5.41) is 1.15. The standard InChI is InChI=1S/C12H10ClNO2/c1-7-5-8(6-15)11-9(13)3-4-10(16-2)12(11)14-7/h3-6H,1-2H3. The van der Waals surface area contributed by atoms with Crippen molar-refractivity contribution in [3.63, 3.8) is 0 Å². The molecule has 1 heterocycles. The van der Waals surface area contributed by atoms with Crippen LogP contribution in [0.4, 0.5) is 0 Å². The number of methoxy groups -OCH3 is 1. The van der Waals surface area contributed by atoms with E-state index in [1.165, 1.54) is 0 Å². The first-order chi connectivity index (χ1) is 7.67. The summed E-state index contributed by atoms with van der Waals surface area (Å²) in [7, 11) is 1.56. The number of pyridine rings is 1. The third-order valence-electron chi connectivity index (χ3n) is 2.38. The molecule has 0 unspecified atom stereocenters. The molecule has 0 N–H and O–H groups in total. The van der Waals surface area contributed by atoms with E-state index in [0.29, 0.717) is 27.2 Å². The van der Waals surface area contributed by atoms with Gasteiger partial charge in [-0.05, 0) is 25.1 Å². The summed E-state index contributed by atoms with van der Waals surface area (Å²) in [6, 6.07) is 5.15. The highest BCUT2D eigenvalue weighted by molar-refractivity contribution is 6.36. The lowest BCUT2D eigenvalue weighted by atomic mass is 10.1. The minimum absolute atomic E-state index is 0.505. The maximum absolute atomic E-state index is 11.0. The molecule has 0 spiro atoms. The number of nitrogens with zero attached hydrogens (tertiary/aromatic N) is 1. The Morgan fingerprint density at radius 3 is 2.81 bits per heavy atom. The number of benzene rings is 1. The number of carbonyl (C=O) groups is 1. The molecule has 0 fully saturated rings. The molecule has 0 saturated carbocycles. The molecule has 2 aromatic rings. The number of aryl methyl sites for hydroxylation is 1. The second-order valence-corrected chi connectivity index (χ2v) is 3.85. The van der Waals surface area contributed by atoms with Gasteiger partial charge in [0.25, 0.3) is 0 Å². The van der Waals surface area contributed by atoms with Crippen molar-refractivity contribution in [2.24, 2.45) is 0 Å². The Balaban J connectivity index is 2.96. The van der Waals surface area contributed by atoms with Gasteiger partial charge in [-0.3, -0.25) is 4.79 Å². The highest BCUT2D eigenvalue weighted by Gasteiger charge is 2.11. The SMILES string of the molecule is COc1ccc(Cl)c2c(C=O)cc(C)nc12. The molecule has 1 aromatic heterocycles. The molecule has 82 valence electrons. The number of ether oxygens (including phenoxy) is 1. The minimum atomic E-state index is 0.505. The monoisotopic (exact) mass is 235 g/mol. The molecular formula is C12H10ClNO2. The van der Waals surface area contributed by atoms with Crippen molar-refractivity contribution in [1.29, 1.82) is 0 Å². The van der Waals surface area contributed by atoms with Crippen molar-refractivity contribution >= 4 is 28.8 Å². The Morgan fingerprint density at radius 1 is 1.44 bits per heavy atom. The van der Waals surface area contributed by atoms with Crippen LogP contribution in [0.15, 0.2) is 18.2 Å². The smallest absolute Gasteiger partial charge is 0.150 e. The number of carbonyl (C=O) groups excluding carboxylic acids is 1. The molecular weight excluding hydrogens is 226 g/mol. The van der Waals surface area contributed by atoms with Crippen LogP contribution in [-0.2, 0) is 0 Å². The van der Waals surface area contributed by atoms with Crippen LogP contribution in [0.3, 0.4) is 0 Å². The average Bonchev–Trinajstić information content (AvgIpc) is 2.28. The number of aromatic nitrogens is 1. The first kappa shape index (κ1) is 10.9. The molecule has 0 amide bonds. The van der Waals surface area contributed by atoms with Gasteiger partial charge in [0.15, 0.2) is 6.29 Å². The Kier molecular flexibility index (Phi) is 2.79. The van der Waals surface area contributed by atoms with Crippen molar-refractivity contribution in [3.8, 4) is 5.75 Å². The highest BCUT2D eigenvalue weighted by Crippen LogP contribution is 2.32. The van der Waals surface area contributed by atoms with Crippen LogP contribution >= 0.6 is 11.6 Å². The van der Waals surface area contributed by atoms with E-state index in [1.807, 2.05) is 6.92 Å². The Morgan fingerprint density at radius 2 is 2.19 bits per heavy atom. The third kappa shape index (κ3) is 1.63. The molecule has 0 aliphatic heterocycles. The van der Waals surface area contributed by atoms with E-state index < -0.39 is 0 Å². The summed E-state index contributed by atoms with van der Waals surface area (Å²) in [6.07, 6.45) is 0.780. The second-order valence-electron chi connectivity index (χ2n) is 3.44. The summed E-state index contributed by atoms with van der Waals surface area (Å²) in [5.74, 6) is 0.617. The summed E-state index contributed by atoms with van der Waals surface area (Å²) in [4.78, 5) is 15.3. The van der Waals surface area contributed by atoms with Gasteiger partial charge in [-0.15, -0.1) is 0 Å². The number of hydrogen-bond donors (Lipinski definition) is 0. The zero-order chi connectivity index (χ0) is 11.7. The van der Waals surface area contributed by atoms with E-state index in [9.17, 15) is 4.79 Å². The van der Waals surface area contributed by atoms with Crippen LogP contribution < -0.4 is 4.74 Å². The van der Waals surface area contributed by atoms with E-state index in [0.717, 1.165) is 12.0 Å². The lowest BCUT2D eigenvalue weighted by Gasteiger charge is -2.08. The normalized spacial score (nSPS) is 10.4. The van der Waals surface area contributed by atoms with Crippen LogP contribution in [-0.4, -0.2) is 18.4 Å². The van der Waals surface area contributed by atoms with Crippen LogP contribution in [0, 0.1) is 6.92 Å². The van der Waals surface area contributed by atoms with Gasteiger partial charge in [0.1, 0.15) is 11.3 Å². The molecule has 0 bridgehead atoms. The molecule has 2 rings (SSSR count). The topological polar surface area (TPSA) is 39.2 Å². The maximum Gasteiger partial charge on any atom is 0.150 e. The minimum Gasteiger partial charge on any atom is -0.494 e. The average molecular weight is 236 g/mol. The van der Waals surface area contributed by atoms with E-state index in [4.69, 9.17) is 16.3 Å². The van der Waals surface area contributed by atoms with Gasteiger partial charge in [0.05, 0.1) is 12.1 Å². The molecule has 0 aliphatic carbocycles. The molecule has 4 heteroatoms. The maximum atomic E-state index is 11.0. The fourth-order valence-corrected chi connectivity index (χ4v) is 1.96. The van der Waals surface area contributed by atoms with Crippen molar-refractivity contribution < 1.29 is 9.53 Å². The zero-order valence-corrected chi connectivity index (χ0v) is 9.71. The first-order valence-electron chi connectivity index (χ1n) is 4.76. The summed E-state index contributed by atoms with van der Waals surface area (Å²) in [5.41, 5.74) is 1.92. The second kappa shape index (κ2) is 4.10. The van der Waals surface area contributed by atoms with Gasteiger partial charge >= 0.3 is 0 Å².